The van der Waals surface area contributed by atoms with Gasteiger partial charge in [-0.1, -0.05) is 18.7 Å². The van der Waals surface area contributed by atoms with Gasteiger partial charge in [-0.15, -0.1) is 5.10 Å². The van der Waals surface area contributed by atoms with Crippen LogP contribution in [0.1, 0.15) is 19.8 Å². The van der Waals surface area contributed by atoms with E-state index in [0.29, 0.717) is 18.1 Å². The third-order valence-electron chi connectivity index (χ3n) is 3.60. The lowest BCUT2D eigenvalue weighted by atomic mass is 10.2. The molecule has 1 aromatic rings. The van der Waals surface area contributed by atoms with Crippen molar-refractivity contribution >= 4 is 27.5 Å². The number of hydrogen-bond acceptors (Lipinski definition) is 6. The monoisotopic (exact) mass is 348 g/mol. The zero-order chi connectivity index (χ0) is 16.3. The minimum Gasteiger partial charge on any atom is -0.338 e. The first kappa shape index (κ1) is 17.1. The average Bonchev–Trinajstić information content (AvgIpc) is 2.97. The summed E-state index contributed by atoms with van der Waals surface area (Å²) in [5.74, 6) is 0.204. The predicted molar refractivity (Wildman–Crippen MR) is 83.6 cm³/mol. The number of rotatable bonds is 6. The fraction of sp³-hybridized carbons (Fsp3) is 0.750. The van der Waals surface area contributed by atoms with Gasteiger partial charge in [-0.25, -0.2) is 18.3 Å². The third-order valence-corrected chi connectivity index (χ3v) is 6.36. The van der Waals surface area contributed by atoms with Crippen molar-refractivity contribution in [3.05, 3.63) is 10.5 Å². The number of thioether (sulfide) groups is 1. The Hall–Kier alpha value is -1.29. The van der Waals surface area contributed by atoms with Gasteiger partial charge in [0.1, 0.15) is 0 Å². The summed E-state index contributed by atoms with van der Waals surface area (Å²) in [6.07, 6.45) is 1.27. The number of H-pyrrole nitrogens is 1. The van der Waals surface area contributed by atoms with Gasteiger partial charge in [-0.3, -0.25) is 9.36 Å². The minimum absolute atomic E-state index is 0.0459. The Balaban J connectivity index is 2.01. The summed E-state index contributed by atoms with van der Waals surface area (Å²) in [6.45, 7) is 2.49. The molecule has 0 unspecified atom stereocenters. The number of sulfone groups is 1. The Morgan fingerprint density at radius 2 is 2.27 bits per heavy atom. The van der Waals surface area contributed by atoms with Crippen molar-refractivity contribution in [2.75, 3.05) is 23.8 Å². The van der Waals surface area contributed by atoms with Crippen molar-refractivity contribution in [2.45, 2.75) is 31.0 Å². The fourth-order valence-corrected chi connectivity index (χ4v) is 4.98. The van der Waals surface area contributed by atoms with E-state index in [2.05, 4.69) is 10.2 Å². The molecule has 1 saturated heterocycles. The maximum absolute atomic E-state index is 12.4. The largest absolute Gasteiger partial charge is 0.343 e. The van der Waals surface area contributed by atoms with Crippen molar-refractivity contribution < 1.29 is 13.2 Å². The Morgan fingerprint density at radius 1 is 1.55 bits per heavy atom. The van der Waals surface area contributed by atoms with Crippen LogP contribution in [0.25, 0.3) is 0 Å². The van der Waals surface area contributed by atoms with Crippen LogP contribution in [-0.4, -0.2) is 63.8 Å². The van der Waals surface area contributed by atoms with Crippen LogP contribution in [-0.2, 0) is 21.7 Å². The predicted octanol–water partition coefficient (Wildman–Crippen LogP) is -0.374. The number of carbonyl (C=O) groups excluding carboxylic acids is 1. The molecule has 0 bridgehead atoms. The lowest BCUT2D eigenvalue weighted by molar-refractivity contribution is -0.130. The van der Waals surface area contributed by atoms with Gasteiger partial charge in [0.25, 0.3) is 0 Å². The maximum Gasteiger partial charge on any atom is 0.343 e. The van der Waals surface area contributed by atoms with E-state index in [1.807, 2.05) is 6.92 Å². The Kier molecular flexibility index (Phi) is 5.32. The molecule has 1 aliphatic heterocycles. The molecule has 0 aromatic carbocycles. The Labute approximate surface area is 133 Å². The summed E-state index contributed by atoms with van der Waals surface area (Å²) in [4.78, 5) is 25.3. The molecule has 1 fully saturated rings. The van der Waals surface area contributed by atoms with Gasteiger partial charge in [0.15, 0.2) is 15.0 Å². The van der Waals surface area contributed by atoms with E-state index in [4.69, 9.17) is 0 Å². The first-order valence-corrected chi connectivity index (χ1v) is 9.89. The molecule has 0 spiro atoms. The van der Waals surface area contributed by atoms with E-state index < -0.39 is 9.84 Å². The van der Waals surface area contributed by atoms with Crippen LogP contribution < -0.4 is 5.69 Å². The van der Waals surface area contributed by atoms with Crippen LogP contribution in [0.3, 0.4) is 0 Å². The number of aromatic nitrogens is 3. The van der Waals surface area contributed by atoms with Gasteiger partial charge < -0.3 is 4.90 Å². The minimum atomic E-state index is -3.03. The van der Waals surface area contributed by atoms with Crippen molar-refractivity contribution in [3.63, 3.8) is 0 Å². The molecule has 0 saturated carbocycles. The van der Waals surface area contributed by atoms with Crippen LogP contribution in [0.4, 0.5) is 0 Å². The standard InChI is InChI=1S/C12H20N4O4S2/c1-3-5-16(9-4-6-22(19,20)8-9)10(17)7-21-12-14-13-11(18)15(12)2/h9H,3-8H2,1-2H3,(H,13,18)/t9-/m0/s1. The third kappa shape index (κ3) is 3.92. The molecule has 1 aliphatic rings. The highest BCUT2D eigenvalue weighted by atomic mass is 32.2. The zero-order valence-corrected chi connectivity index (χ0v) is 14.2. The summed E-state index contributed by atoms with van der Waals surface area (Å²) >= 11 is 1.17. The van der Waals surface area contributed by atoms with Crippen molar-refractivity contribution in [2.24, 2.45) is 7.05 Å². The average molecular weight is 348 g/mol. The van der Waals surface area contributed by atoms with Gasteiger partial charge in [0.2, 0.25) is 5.91 Å². The first-order valence-electron chi connectivity index (χ1n) is 7.08. The molecule has 2 heterocycles. The van der Waals surface area contributed by atoms with Gasteiger partial charge >= 0.3 is 5.69 Å². The van der Waals surface area contributed by atoms with E-state index in [-0.39, 0.29) is 34.9 Å². The Bertz CT molecular complexity index is 694. The number of hydrogen-bond donors (Lipinski definition) is 1. The van der Waals surface area contributed by atoms with Gasteiger partial charge in [0, 0.05) is 19.6 Å². The zero-order valence-electron chi connectivity index (χ0n) is 12.6. The maximum atomic E-state index is 12.4. The lowest BCUT2D eigenvalue weighted by Crippen LogP contribution is -2.42. The number of amides is 1. The molecule has 22 heavy (non-hydrogen) atoms. The molecule has 1 amide bonds. The molecule has 1 N–H and O–H groups in total. The molecular formula is C12H20N4O4S2. The summed E-state index contributed by atoms with van der Waals surface area (Å²) in [5, 5.41) is 6.59. The van der Waals surface area contributed by atoms with Crippen LogP contribution >= 0.6 is 11.8 Å². The van der Waals surface area contributed by atoms with Crippen molar-refractivity contribution in [1.29, 1.82) is 0 Å². The second-order valence-corrected chi connectivity index (χ2v) is 8.47. The first-order chi connectivity index (χ1) is 10.3. The topological polar surface area (TPSA) is 105 Å². The second kappa shape index (κ2) is 6.86. The van der Waals surface area contributed by atoms with E-state index in [1.54, 1.807) is 11.9 Å². The number of nitrogens with zero attached hydrogens (tertiary/aromatic N) is 3. The molecule has 8 nitrogen and oxygen atoms in total. The highest BCUT2D eigenvalue weighted by molar-refractivity contribution is 7.99. The van der Waals surface area contributed by atoms with Crippen molar-refractivity contribution in [3.8, 4) is 0 Å². The van der Waals surface area contributed by atoms with E-state index in [9.17, 15) is 18.0 Å². The summed E-state index contributed by atoms with van der Waals surface area (Å²) in [5.41, 5.74) is -0.331. The fourth-order valence-electron chi connectivity index (χ4n) is 2.44. The smallest absolute Gasteiger partial charge is 0.338 e. The highest BCUT2D eigenvalue weighted by Crippen LogP contribution is 2.20. The highest BCUT2D eigenvalue weighted by Gasteiger charge is 2.34. The molecule has 1 atom stereocenters. The van der Waals surface area contributed by atoms with Crippen LogP contribution in [0.2, 0.25) is 0 Å². The number of carbonyl (C=O) groups is 1. The van der Waals surface area contributed by atoms with E-state index in [0.717, 1.165) is 6.42 Å². The van der Waals surface area contributed by atoms with E-state index in [1.165, 1.54) is 16.3 Å². The number of aromatic amines is 1. The summed E-state index contributed by atoms with van der Waals surface area (Å²) in [7, 11) is -1.45. The Morgan fingerprint density at radius 3 is 2.77 bits per heavy atom. The second-order valence-electron chi connectivity index (χ2n) is 5.30. The summed E-state index contributed by atoms with van der Waals surface area (Å²) in [6, 6.07) is -0.235. The SMILES string of the molecule is CCCN(C(=O)CSc1n[nH]c(=O)n1C)[C@H]1CCS(=O)(=O)C1. The van der Waals surface area contributed by atoms with Gasteiger partial charge in [-0.05, 0) is 12.8 Å². The molecule has 10 heteroatoms. The van der Waals surface area contributed by atoms with Crippen LogP contribution in [0, 0.1) is 0 Å². The molecule has 2 rings (SSSR count). The van der Waals surface area contributed by atoms with Gasteiger partial charge in [0.05, 0.1) is 17.3 Å². The quantitative estimate of drug-likeness (QED) is 0.703. The lowest BCUT2D eigenvalue weighted by Gasteiger charge is -2.27. The summed E-state index contributed by atoms with van der Waals surface area (Å²) < 4.78 is 24.5. The molecule has 0 aliphatic carbocycles. The van der Waals surface area contributed by atoms with Crippen molar-refractivity contribution in [1.82, 2.24) is 19.7 Å². The molecule has 124 valence electrons. The van der Waals surface area contributed by atoms with Crippen LogP contribution in [0.15, 0.2) is 9.95 Å². The normalized spacial score (nSPS) is 20.2. The molecule has 0 radical (unpaired) electrons. The molecule has 1 aromatic heterocycles. The van der Waals surface area contributed by atoms with Crippen LogP contribution in [0.5, 0.6) is 0 Å². The van der Waals surface area contributed by atoms with Gasteiger partial charge in [-0.2, -0.15) is 0 Å². The number of nitrogens with one attached hydrogen (secondary N) is 1. The van der Waals surface area contributed by atoms with E-state index >= 15 is 0 Å². The molecular weight excluding hydrogens is 328 g/mol.